The van der Waals surface area contributed by atoms with E-state index >= 15 is 0 Å². The van der Waals surface area contributed by atoms with Crippen molar-refractivity contribution in [3.63, 3.8) is 0 Å². The van der Waals surface area contributed by atoms with E-state index in [1.165, 1.54) is 65.3 Å². The molecule has 0 aliphatic carbocycles. The van der Waals surface area contributed by atoms with Crippen LogP contribution in [0.1, 0.15) is 0 Å². The fraction of sp³-hybridized carbons (Fsp3) is 0. The Bertz CT molecular complexity index is 3600. The lowest BCUT2D eigenvalue weighted by atomic mass is 10.0. The van der Waals surface area contributed by atoms with Crippen LogP contribution >= 0.6 is 0 Å². The van der Waals surface area contributed by atoms with Crippen molar-refractivity contribution in [1.29, 1.82) is 0 Å². The van der Waals surface area contributed by atoms with Crippen molar-refractivity contribution in [3.8, 4) is 16.8 Å². The molecular weight excluding hydrogens is 763 g/mol. The molecule has 0 aliphatic rings. The second-order valence-electron chi connectivity index (χ2n) is 16.2. The molecule has 0 spiro atoms. The van der Waals surface area contributed by atoms with Gasteiger partial charge < -0.3 is 14.4 Å². The van der Waals surface area contributed by atoms with E-state index in [4.69, 9.17) is 0 Å². The van der Waals surface area contributed by atoms with E-state index in [0.717, 1.165) is 39.8 Å². The SMILES string of the molecule is c1ccc(N(c2ccc(-c3ccc4c(c3)c3cc5ccccc5cc3n4-c3ccc(N(c4ccccc4)c4cccc5ccccc45)cc3)cc2)c2cccc3ccccc23)cc1. The van der Waals surface area contributed by atoms with Gasteiger partial charge in [0.15, 0.2) is 0 Å². The number of hydrogen-bond donors (Lipinski definition) is 0. The molecule has 11 aromatic carbocycles. The lowest BCUT2D eigenvalue weighted by molar-refractivity contribution is 1.18. The van der Waals surface area contributed by atoms with E-state index in [1.54, 1.807) is 0 Å². The zero-order valence-electron chi connectivity index (χ0n) is 34.5. The van der Waals surface area contributed by atoms with Crippen LogP contribution in [0, 0.1) is 0 Å². The molecule has 1 aromatic heterocycles. The van der Waals surface area contributed by atoms with Crippen molar-refractivity contribution >= 4 is 88.2 Å². The molecule has 0 bridgehead atoms. The van der Waals surface area contributed by atoms with Crippen molar-refractivity contribution in [1.82, 2.24) is 4.57 Å². The lowest BCUT2D eigenvalue weighted by Gasteiger charge is -2.27. The number of rotatable bonds is 8. The van der Waals surface area contributed by atoms with Gasteiger partial charge in [-0.15, -0.1) is 0 Å². The molecule has 0 N–H and O–H groups in total. The average Bonchev–Trinajstić information content (AvgIpc) is 3.67. The zero-order chi connectivity index (χ0) is 41.7. The second kappa shape index (κ2) is 15.3. The third-order valence-electron chi connectivity index (χ3n) is 12.5. The van der Waals surface area contributed by atoms with Crippen molar-refractivity contribution in [2.75, 3.05) is 9.80 Å². The Morgan fingerprint density at radius 1 is 0.254 bits per heavy atom. The third kappa shape index (κ3) is 6.38. The molecule has 0 aliphatic heterocycles. The maximum atomic E-state index is 2.43. The Labute approximate surface area is 366 Å². The fourth-order valence-electron chi connectivity index (χ4n) is 9.53. The first-order chi connectivity index (χ1) is 31.2. The standard InChI is InChI=1S/C60H41N3/c1-3-21-48(22-4-1)61(57-27-13-19-43-15-9-11-25-53(43)57)50-32-29-42(30-33-50)47-31-38-59-55(40-47)56-39-45-17-7-8-18-46(45)41-60(56)63(59)52-36-34-51(35-37-52)62(49-23-5-2-6-24-49)58-28-14-20-44-16-10-12-26-54(44)58/h1-41H. The van der Waals surface area contributed by atoms with E-state index in [2.05, 4.69) is 263 Å². The highest BCUT2D eigenvalue weighted by Crippen LogP contribution is 2.43. The molecule has 296 valence electrons. The number of fused-ring (bicyclic) bond motifs is 6. The summed E-state index contributed by atoms with van der Waals surface area (Å²) < 4.78 is 2.43. The highest BCUT2D eigenvalue weighted by molar-refractivity contribution is 6.14. The van der Waals surface area contributed by atoms with E-state index < -0.39 is 0 Å². The van der Waals surface area contributed by atoms with Crippen LogP contribution in [0.5, 0.6) is 0 Å². The van der Waals surface area contributed by atoms with Crippen LogP contribution in [-0.2, 0) is 0 Å². The first-order valence-electron chi connectivity index (χ1n) is 21.6. The normalized spacial score (nSPS) is 11.5. The number of benzene rings is 11. The maximum absolute atomic E-state index is 2.43. The molecule has 3 heteroatoms. The molecule has 63 heavy (non-hydrogen) atoms. The van der Waals surface area contributed by atoms with Gasteiger partial charge >= 0.3 is 0 Å². The monoisotopic (exact) mass is 803 g/mol. The summed E-state index contributed by atoms with van der Waals surface area (Å²) in [6.45, 7) is 0. The Balaban J connectivity index is 0.968. The summed E-state index contributed by atoms with van der Waals surface area (Å²) >= 11 is 0. The molecule has 1 heterocycles. The van der Waals surface area contributed by atoms with Crippen molar-refractivity contribution in [2.24, 2.45) is 0 Å². The van der Waals surface area contributed by atoms with Crippen LogP contribution in [0.4, 0.5) is 34.1 Å². The van der Waals surface area contributed by atoms with Crippen molar-refractivity contribution < 1.29 is 0 Å². The van der Waals surface area contributed by atoms with Gasteiger partial charge in [0.2, 0.25) is 0 Å². The van der Waals surface area contributed by atoms with Crippen LogP contribution in [0.3, 0.4) is 0 Å². The predicted molar refractivity (Wildman–Crippen MR) is 268 cm³/mol. The van der Waals surface area contributed by atoms with Crippen molar-refractivity contribution in [2.45, 2.75) is 0 Å². The lowest BCUT2D eigenvalue weighted by Crippen LogP contribution is -2.10. The van der Waals surface area contributed by atoms with E-state index in [-0.39, 0.29) is 0 Å². The summed E-state index contributed by atoms with van der Waals surface area (Å²) in [7, 11) is 0. The molecule has 0 saturated heterocycles. The van der Waals surface area contributed by atoms with Crippen LogP contribution in [0.25, 0.3) is 70.9 Å². The van der Waals surface area contributed by atoms with E-state index in [0.29, 0.717) is 0 Å². The molecular formula is C60H41N3. The van der Waals surface area contributed by atoms with Crippen molar-refractivity contribution in [3.05, 3.63) is 249 Å². The average molecular weight is 804 g/mol. The summed E-state index contributed by atoms with van der Waals surface area (Å²) in [5, 5.41) is 9.79. The molecule has 12 aromatic rings. The summed E-state index contributed by atoms with van der Waals surface area (Å²) in [4.78, 5) is 4.73. The minimum atomic E-state index is 1.10. The molecule has 3 nitrogen and oxygen atoms in total. The van der Waals surface area contributed by atoms with Gasteiger partial charge in [-0.2, -0.15) is 0 Å². The summed E-state index contributed by atoms with van der Waals surface area (Å²) in [6.07, 6.45) is 0. The van der Waals surface area contributed by atoms with Gasteiger partial charge in [-0.25, -0.2) is 0 Å². The zero-order valence-corrected chi connectivity index (χ0v) is 34.5. The number of anilines is 6. The number of aromatic nitrogens is 1. The smallest absolute Gasteiger partial charge is 0.0547 e. The van der Waals surface area contributed by atoms with Crippen LogP contribution in [-0.4, -0.2) is 4.57 Å². The van der Waals surface area contributed by atoms with Gasteiger partial charge in [0.05, 0.1) is 22.4 Å². The van der Waals surface area contributed by atoms with Crippen LogP contribution < -0.4 is 9.80 Å². The maximum Gasteiger partial charge on any atom is 0.0547 e. The molecule has 0 amide bonds. The molecule has 12 rings (SSSR count). The molecule has 0 atom stereocenters. The quantitative estimate of drug-likeness (QED) is 0.152. The van der Waals surface area contributed by atoms with Gasteiger partial charge in [0.1, 0.15) is 0 Å². The number of para-hydroxylation sites is 2. The Morgan fingerprint density at radius 2 is 0.683 bits per heavy atom. The van der Waals surface area contributed by atoms with Gasteiger partial charge in [0.25, 0.3) is 0 Å². The van der Waals surface area contributed by atoms with Gasteiger partial charge in [-0.1, -0.05) is 152 Å². The topological polar surface area (TPSA) is 11.4 Å². The fourth-order valence-corrected chi connectivity index (χ4v) is 9.53. The predicted octanol–water partition coefficient (Wildman–Crippen LogP) is 16.8. The molecule has 0 fully saturated rings. The molecule has 0 unspecified atom stereocenters. The highest BCUT2D eigenvalue weighted by atomic mass is 15.1. The first-order valence-corrected chi connectivity index (χ1v) is 21.6. The first kappa shape index (κ1) is 36.5. The van der Waals surface area contributed by atoms with E-state index in [1.807, 2.05) is 0 Å². The Hall–Kier alpha value is -8.40. The molecule has 0 saturated carbocycles. The minimum absolute atomic E-state index is 1.10. The second-order valence-corrected chi connectivity index (χ2v) is 16.2. The summed E-state index contributed by atoms with van der Waals surface area (Å²) in [5.41, 5.74) is 12.6. The van der Waals surface area contributed by atoms with Gasteiger partial charge in [-0.3, -0.25) is 0 Å². The summed E-state index contributed by atoms with van der Waals surface area (Å²) in [6, 6.07) is 90.1. The highest BCUT2D eigenvalue weighted by Gasteiger charge is 2.19. The minimum Gasteiger partial charge on any atom is -0.310 e. The largest absolute Gasteiger partial charge is 0.310 e. The Kier molecular flexibility index (Phi) is 8.83. The summed E-state index contributed by atoms with van der Waals surface area (Å²) in [5.74, 6) is 0. The van der Waals surface area contributed by atoms with E-state index in [9.17, 15) is 0 Å². The third-order valence-corrected chi connectivity index (χ3v) is 12.5. The van der Waals surface area contributed by atoms with Crippen LogP contribution in [0.2, 0.25) is 0 Å². The van der Waals surface area contributed by atoms with Crippen LogP contribution in [0.15, 0.2) is 249 Å². The molecule has 0 radical (unpaired) electrons. The van der Waals surface area contributed by atoms with Gasteiger partial charge in [-0.05, 0) is 130 Å². The number of hydrogen-bond acceptors (Lipinski definition) is 2. The van der Waals surface area contributed by atoms with Gasteiger partial charge in [0, 0.05) is 50.0 Å². The number of nitrogens with zero attached hydrogens (tertiary/aromatic N) is 3. The Morgan fingerprint density at radius 3 is 1.25 bits per heavy atom.